The molecule has 1 aromatic carbocycles. The first kappa shape index (κ1) is 13.8. The Morgan fingerprint density at radius 3 is 2.50 bits per heavy atom. The van der Waals surface area contributed by atoms with E-state index in [1.54, 1.807) is 0 Å². The molecule has 100 valence electrons. The Kier molecular flexibility index (Phi) is 3.46. The number of nitrogens with two attached hydrogens (primary N) is 1. The molecule has 1 unspecified atom stereocenters. The fourth-order valence-corrected chi connectivity index (χ4v) is 7.41. The summed E-state index contributed by atoms with van der Waals surface area (Å²) in [6, 6.07) is 4.39. The van der Waals surface area contributed by atoms with Crippen LogP contribution < -0.4 is 5.73 Å². The van der Waals surface area contributed by atoms with Crippen molar-refractivity contribution >= 4 is 41.3 Å². The van der Waals surface area contributed by atoms with Crippen LogP contribution in [0.25, 0.3) is 0 Å². The minimum absolute atomic E-state index is 0.0660. The van der Waals surface area contributed by atoms with E-state index >= 15 is 0 Å². The first-order valence-corrected chi connectivity index (χ1v) is 9.38. The van der Waals surface area contributed by atoms with Gasteiger partial charge >= 0.3 is 0 Å². The van der Waals surface area contributed by atoms with Crippen LogP contribution in [0.5, 0.6) is 0 Å². The quantitative estimate of drug-likeness (QED) is 0.800. The van der Waals surface area contributed by atoms with Gasteiger partial charge in [-0.2, -0.15) is 0 Å². The molecule has 1 aliphatic heterocycles. The summed E-state index contributed by atoms with van der Waals surface area (Å²) < 4.78 is 47.7. The van der Waals surface area contributed by atoms with Crippen molar-refractivity contribution in [2.45, 2.75) is 16.6 Å². The van der Waals surface area contributed by atoms with E-state index in [0.717, 1.165) is 0 Å². The van der Waals surface area contributed by atoms with Gasteiger partial charge in [0.25, 0.3) is 0 Å². The molecule has 1 saturated heterocycles. The molecule has 5 nitrogen and oxygen atoms in total. The van der Waals surface area contributed by atoms with Crippen LogP contribution in [0.1, 0.15) is 6.42 Å². The van der Waals surface area contributed by atoms with E-state index in [0.29, 0.717) is 10.2 Å². The van der Waals surface area contributed by atoms with Crippen molar-refractivity contribution in [1.29, 1.82) is 0 Å². The largest absolute Gasteiger partial charge is 0.399 e. The highest BCUT2D eigenvalue weighted by atomic mass is 79.9. The molecule has 0 saturated carbocycles. The number of nitrogen functional groups attached to an aromatic ring is 1. The molecule has 0 aliphatic carbocycles. The molecule has 0 bridgehead atoms. The summed E-state index contributed by atoms with van der Waals surface area (Å²) in [6.45, 7) is 0. The minimum Gasteiger partial charge on any atom is -0.399 e. The van der Waals surface area contributed by atoms with Crippen molar-refractivity contribution in [2.75, 3.05) is 17.2 Å². The van der Waals surface area contributed by atoms with E-state index in [2.05, 4.69) is 15.9 Å². The number of sulfone groups is 2. The van der Waals surface area contributed by atoms with Crippen LogP contribution in [0, 0.1) is 0 Å². The second-order valence-electron chi connectivity index (χ2n) is 4.26. The van der Waals surface area contributed by atoms with Crippen LogP contribution >= 0.6 is 15.9 Å². The van der Waals surface area contributed by atoms with E-state index < -0.39 is 24.9 Å². The molecule has 1 heterocycles. The monoisotopic (exact) mass is 353 g/mol. The molecule has 0 radical (unpaired) electrons. The van der Waals surface area contributed by atoms with Gasteiger partial charge in [-0.15, -0.1) is 0 Å². The number of hydrogen-bond acceptors (Lipinski definition) is 5. The predicted molar refractivity (Wildman–Crippen MR) is 72.8 cm³/mol. The van der Waals surface area contributed by atoms with Gasteiger partial charge in [0.1, 0.15) is 0 Å². The molecule has 1 atom stereocenters. The molecule has 0 aromatic heterocycles. The molecule has 18 heavy (non-hydrogen) atoms. The van der Waals surface area contributed by atoms with Crippen LogP contribution in [-0.4, -0.2) is 33.6 Å². The van der Waals surface area contributed by atoms with Crippen molar-refractivity contribution in [3.63, 3.8) is 0 Å². The third-order valence-electron chi connectivity index (χ3n) is 2.89. The predicted octanol–water partition coefficient (Wildman–Crippen LogP) is 0.992. The molecule has 1 aromatic rings. The summed E-state index contributed by atoms with van der Waals surface area (Å²) in [5, 5.41) is -0.859. The number of halogens is 1. The van der Waals surface area contributed by atoms with Gasteiger partial charge in [-0.25, -0.2) is 16.8 Å². The van der Waals surface area contributed by atoms with Crippen molar-refractivity contribution in [3.05, 3.63) is 22.7 Å². The molecule has 1 fully saturated rings. The highest BCUT2D eigenvalue weighted by molar-refractivity contribution is 9.10. The average Bonchev–Trinajstić information content (AvgIpc) is 2.58. The maximum Gasteiger partial charge on any atom is 0.183 e. The summed E-state index contributed by atoms with van der Waals surface area (Å²) in [5.41, 5.74) is 5.99. The van der Waals surface area contributed by atoms with Gasteiger partial charge in [-0.3, -0.25) is 0 Å². The van der Waals surface area contributed by atoms with Crippen molar-refractivity contribution in [2.24, 2.45) is 0 Å². The summed E-state index contributed by atoms with van der Waals surface area (Å²) in [4.78, 5) is 0.0961. The Morgan fingerprint density at radius 2 is 2.00 bits per heavy atom. The fraction of sp³-hybridized carbons (Fsp3) is 0.400. The second-order valence-corrected chi connectivity index (χ2v) is 9.54. The first-order chi connectivity index (χ1) is 8.22. The number of rotatable bonds is 2. The Labute approximate surface area is 114 Å². The smallest absolute Gasteiger partial charge is 0.183 e. The number of benzene rings is 1. The van der Waals surface area contributed by atoms with Crippen molar-refractivity contribution in [3.8, 4) is 0 Å². The highest BCUT2D eigenvalue weighted by Gasteiger charge is 2.38. The van der Waals surface area contributed by atoms with Crippen LogP contribution in [0.3, 0.4) is 0 Å². The van der Waals surface area contributed by atoms with Crippen molar-refractivity contribution in [1.82, 2.24) is 0 Å². The topological polar surface area (TPSA) is 94.3 Å². The van der Waals surface area contributed by atoms with E-state index in [4.69, 9.17) is 5.73 Å². The molecule has 8 heteroatoms. The Balaban J connectivity index is 2.44. The lowest BCUT2D eigenvalue weighted by Gasteiger charge is -2.12. The van der Waals surface area contributed by atoms with Crippen LogP contribution in [0.15, 0.2) is 27.6 Å². The summed E-state index contributed by atoms with van der Waals surface area (Å²) in [7, 11) is -6.87. The van der Waals surface area contributed by atoms with Crippen molar-refractivity contribution < 1.29 is 16.8 Å². The van der Waals surface area contributed by atoms with Crippen LogP contribution in [0.2, 0.25) is 0 Å². The Morgan fingerprint density at radius 1 is 1.33 bits per heavy atom. The van der Waals surface area contributed by atoms with Gasteiger partial charge in [0.15, 0.2) is 19.7 Å². The maximum absolute atomic E-state index is 12.3. The average molecular weight is 354 g/mol. The van der Waals surface area contributed by atoms with Gasteiger partial charge in [0.05, 0.1) is 21.7 Å². The number of anilines is 1. The molecule has 0 spiro atoms. The van der Waals surface area contributed by atoms with Crippen LogP contribution in [0.4, 0.5) is 5.69 Å². The lowest BCUT2D eigenvalue weighted by atomic mass is 10.3. The molecular formula is C10H12BrNO4S2. The Hall–Kier alpha value is -0.600. The fourth-order valence-electron chi connectivity index (χ4n) is 1.93. The van der Waals surface area contributed by atoms with Gasteiger partial charge in [0, 0.05) is 10.2 Å². The zero-order valence-electron chi connectivity index (χ0n) is 9.34. The van der Waals surface area contributed by atoms with Gasteiger partial charge < -0.3 is 5.73 Å². The normalized spacial score (nSPS) is 23.1. The molecule has 2 rings (SSSR count). The third kappa shape index (κ3) is 2.55. The summed E-state index contributed by atoms with van der Waals surface area (Å²) in [5.74, 6) is -0.365. The Bertz CT molecular complexity index is 682. The summed E-state index contributed by atoms with van der Waals surface area (Å²) >= 11 is 3.15. The highest BCUT2D eigenvalue weighted by Crippen LogP contribution is 2.31. The van der Waals surface area contributed by atoms with Gasteiger partial charge in [-0.1, -0.05) is 0 Å². The van der Waals surface area contributed by atoms with E-state index in [1.165, 1.54) is 18.2 Å². The minimum atomic E-state index is -3.64. The summed E-state index contributed by atoms with van der Waals surface area (Å²) in [6.07, 6.45) is 0.154. The molecule has 2 N–H and O–H groups in total. The van der Waals surface area contributed by atoms with Gasteiger partial charge in [0.2, 0.25) is 0 Å². The molecule has 1 aliphatic rings. The van der Waals surface area contributed by atoms with E-state index in [9.17, 15) is 16.8 Å². The lowest BCUT2D eigenvalue weighted by molar-refractivity contribution is 0.582. The van der Waals surface area contributed by atoms with Crippen LogP contribution in [-0.2, 0) is 19.7 Å². The van der Waals surface area contributed by atoms with E-state index in [1.807, 2.05) is 0 Å². The maximum atomic E-state index is 12.3. The lowest BCUT2D eigenvalue weighted by Crippen LogP contribution is -2.23. The molecule has 0 amide bonds. The zero-order chi connectivity index (χ0) is 13.6. The zero-order valence-corrected chi connectivity index (χ0v) is 12.6. The number of hydrogen-bond donors (Lipinski definition) is 1. The standard InChI is InChI=1S/C10H12BrNO4S2/c11-9-5-7(12)1-2-10(9)18(15,16)8-3-4-17(13,14)6-8/h1-2,5,8H,3-4,6,12H2. The SMILES string of the molecule is Nc1ccc(S(=O)(=O)C2CCS(=O)(=O)C2)c(Br)c1. The first-order valence-electron chi connectivity index (χ1n) is 5.22. The molecular weight excluding hydrogens is 342 g/mol. The van der Waals surface area contributed by atoms with E-state index in [-0.39, 0.29) is 22.8 Å². The second kappa shape index (κ2) is 4.50. The van der Waals surface area contributed by atoms with Gasteiger partial charge in [-0.05, 0) is 40.5 Å². The third-order valence-corrected chi connectivity index (χ3v) is 8.04.